The van der Waals surface area contributed by atoms with Crippen LogP contribution in [-0.4, -0.2) is 5.11 Å². The van der Waals surface area contributed by atoms with Gasteiger partial charge < -0.3 is 5.32 Å². The lowest BCUT2D eigenvalue weighted by Crippen LogP contribution is -2.10. The topological polar surface area (TPSA) is 35.8 Å². The molecule has 1 radical (unpaired) electrons. The van der Waals surface area contributed by atoms with Crippen molar-refractivity contribution in [2.45, 2.75) is 19.3 Å². The van der Waals surface area contributed by atoms with Crippen molar-refractivity contribution >= 4 is 23.0 Å². The first-order valence-corrected chi connectivity index (χ1v) is 4.81. The minimum absolute atomic E-state index is 0.0975. The van der Waals surface area contributed by atoms with E-state index in [9.17, 15) is 0 Å². The number of aryl methyl sites for hydroxylation is 1. The monoisotopic (exact) mass is 191 g/mol. The van der Waals surface area contributed by atoms with Gasteiger partial charge in [-0.05, 0) is 48.7 Å². The van der Waals surface area contributed by atoms with Crippen LogP contribution in [0.15, 0.2) is 18.2 Å². The first-order chi connectivity index (χ1) is 6.27. The van der Waals surface area contributed by atoms with Crippen LogP contribution in [-0.2, 0) is 12.8 Å². The summed E-state index contributed by atoms with van der Waals surface area (Å²) < 4.78 is 0. The Hall–Kier alpha value is -1.09. The third kappa shape index (κ3) is 1.65. The van der Waals surface area contributed by atoms with Gasteiger partial charge in [-0.25, -0.2) is 0 Å². The zero-order valence-electron chi connectivity index (χ0n) is 7.26. The van der Waals surface area contributed by atoms with Gasteiger partial charge >= 0.3 is 0 Å². The zero-order valence-corrected chi connectivity index (χ0v) is 8.08. The molecule has 0 saturated heterocycles. The molecule has 0 saturated carbocycles. The highest BCUT2D eigenvalue weighted by Crippen LogP contribution is 2.28. The molecule has 67 valence electrons. The highest BCUT2D eigenvalue weighted by Gasteiger charge is 2.13. The Kier molecular flexibility index (Phi) is 2.19. The van der Waals surface area contributed by atoms with Crippen LogP contribution >= 0.6 is 12.2 Å². The van der Waals surface area contributed by atoms with Gasteiger partial charge in [-0.1, -0.05) is 12.1 Å². The van der Waals surface area contributed by atoms with E-state index in [-0.39, 0.29) is 5.11 Å². The Labute approximate surface area is 83.1 Å². The second kappa shape index (κ2) is 3.34. The molecule has 0 atom stereocenters. The van der Waals surface area contributed by atoms with Gasteiger partial charge in [0, 0.05) is 5.69 Å². The van der Waals surface area contributed by atoms with Crippen LogP contribution < -0.4 is 11.1 Å². The lowest BCUT2D eigenvalue weighted by atomic mass is 10.1. The van der Waals surface area contributed by atoms with Gasteiger partial charge in [0.05, 0.1) is 0 Å². The van der Waals surface area contributed by atoms with Gasteiger partial charge in [-0.2, -0.15) is 0 Å². The Morgan fingerprint density at radius 1 is 1.38 bits per heavy atom. The van der Waals surface area contributed by atoms with Gasteiger partial charge in [0.15, 0.2) is 5.11 Å². The zero-order chi connectivity index (χ0) is 9.26. The summed E-state index contributed by atoms with van der Waals surface area (Å²) in [4.78, 5) is 0. The molecule has 0 unspecified atom stereocenters. The van der Waals surface area contributed by atoms with Crippen LogP contribution in [0.2, 0.25) is 0 Å². The van der Waals surface area contributed by atoms with Gasteiger partial charge in [0.2, 0.25) is 0 Å². The number of rotatable bonds is 1. The van der Waals surface area contributed by atoms with Crippen molar-refractivity contribution in [3.05, 3.63) is 29.3 Å². The molecule has 1 aliphatic rings. The maximum Gasteiger partial charge on any atom is 0.189 e. The molecule has 2 N–H and O–H groups in total. The summed E-state index contributed by atoms with van der Waals surface area (Å²) in [5.74, 6) is 0. The molecule has 0 bridgehead atoms. The number of benzene rings is 1. The van der Waals surface area contributed by atoms with Crippen molar-refractivity contribution in [2.75, 3.05) is 5.32 Å². The molecule has 1 aliphatic carbocycles. The first-order valence-electron chi connectivity index (χ1n) is 4.41. The predicted molar refractivity (Wildman–Crippen MR) is 57.8 cm³/mol. The molecule has 1 aromatic rings. The largest absolute Gasteiger partial charge is 0.331 e. The Morgan fingerprint density at radius 3 is 3.00 bits per heavy atom. The van der Waals surface area contributed by atoms with E-state index in [0.717, 1.165) is 18.5 Å². The van der Waals surface area contributed by atoms with E-state index in [1.165, 1.54) is 17.5 Å². The number of thiocarbonyl (C=S) groups is 1. The smallest absolute Gasteiger partial charge is 0.189 e. The molecule has 0 heterocycles. The highest BCUT2D eigenvalue weighted by molar-refractivity contribution is 7.80. The summed E-state index contributed by atoms with van der Waals surface area (Å²) >= 11 is 4.70. The van der Waals surface area contributed by atoms with E-state index < -0.39 is 0 Å². The van der Waals surface area contributed by atoms with Crippen LogP contribution in [0.5, 0.6) is 0 Å². The van der Waals surface area contributed by atoms with Crippen LogP contribution in [0.25, 0.3) is 0 Å². The maximum atomic E-state index is 7.20. The average molecular weight is 191 g/mol. The van der Waals surface area contributed by atoms with Crippen molar-refractivity contribution in [1.82, 2.24) is 5.73 Å². The maximum absolute atomic E-state index is 7.20. The number of hydrogen-bond donors (Lipinski definition) is 1. The standard InChI is InChI=1S/C10H11N2S/c11-10(13)12-9-6-2-4-7-3-1-5-8(7)9/h2,4,6,11H,1,3,5H2,(H,12,13). The molecule has 2 nitrogen and oxygen atoms in total. The van der Waals surface area contributed by atoms with Crippen molar-refractivity contribution in [3.8, 4) is 0 Å². The quantitative estimate of drug-likeness (QED) is 0.690. The number of nitrogens with one attached hydrogen (secondary N) is 2. The van der Waals surface area contributed by atoms with E-state index >= 15 is 0 Å². The van der Waals surface area contributed by atoms with E-state index in [1.807, 2.05) is 12.1 Å². The molecule has 0 fully saturated rings. The van der Waals surface area contributed by atoms with Crippen LogP contribution in [0.1, 0.15) is 17.5 Å². The van der Waals surface area contributed by atoms with Crippen molar-refractivity contribution in [2.24, 2.45) is 0 Å². The van der Waals surface area contributed by atoms with E-state index in [1.54, 1.807) is 0 Å². The van der Waals surface area contributed by atoms with Gasteiger partial charge in [0.25, 0.3) is 0 Å². The number of fused-ring (bicyclic) bond motifs is 1. The summed E-state index contributed by atoms with van der Waals surface area (Å²) in [5.41, 5.74) is 11.0. The SMILES string of the molecule is [NH]C(=S)Nc1cccc2c1CCC2. The minimum atomic E-state index is 0.0975. The third-order valence-electron chi connectivity index (χ3n) is 2.39. The predicted octanol–water partition coefficient (Wildman–Crippen LogP) is 2.16. The summed E-state index contributed by atoms with van der Waals surface area (Å²) in [6.45, 7) is 0. The fourth-order valence-electron chi connectivity index (χ4n) is 1.86. The lowest BCUT2D eigenvalue weighted by Gasteiger charge is -2.08. The van der Waals surface area contributed by atoms with Crippen LogP contribution in [0.4, 0.5) is 5.69 Å². The Balaban J connectivity index is 2.36. The van der Waals surface area contributed by atoms with Gasteiger partial charge in [0.1, 0.15) is 0 Å². The highest BCUT2D eigenvalue weighted by atomic mass is 32.1. The summed E-state index contributed by atoms with van der Waals surface area (Å²) in [5, 5.41) is 3.00. The molecular weight excluding hydrogens is 180 g/mol. The molecule has 13 heavy (non-hydrogen) atoms. The first kappa shape index (κ1) is 8.51. The van der Waals surface area contributed by atoms with Gasteiger partial charge in [-0.3, -0.25) is 5.73 Å². The average Bonchev–Trinajstić information content (AvgIpc) is 2.51. The summed E-state index contributed by atoms with van der Waals surface area (Å²) in [6.07, 6.45) is 3.50. The van der Waals surface area contributed by atoms with E-state index in [0.29, 0.717) is 0 Å². The summed E-state index contributed by atoms with van der Waals surface area (Å²) in [6, 6.07) is 6.16. The van der Waals surface area contributed by atoms with Crippen molar-refractivity contribution < 1.29 is 0 Å². The second-order valence-corrected chi connectivity index (χ2v) is 3.66. The van der Waals surface area contributed by atoms with E-state index in [4.69, 9.17) is 18.0 Å². The summed E-state index contributed by atoms with van der Waals surface area (Å²) in [7, 11) is 0. The molecule has 2 rings (SSSR count). The van der Waals surface area contributed by atoms with Crippen LogP contribution in [0, 0.1) is 0 Å². The number of anilines is 1. The minimum Gasteiger partial charge on any atom is -0.331 e. The number of hydrogen-bond acceptors (Lipinski definition) is 1. The lowest BCUT2D eigenvalue weighted by molar-refractivity contribution is 0.912. The van der Waals surface area contributed by atoms with E-state index in [2.05, 4.69) is 11.4 Å². The molecule has 0 amide bonds. The van der Waals surface area contributed by atoms with Crippen molar-refractivity contribution in [3.63, 3.8) is 0 Å². The van der Waals surface area contributed by atoms with Crippen LogP contribution in [0.3, 0.4) is 0 Å². The van der Waals surface area contributed by atoms with Gasteiger partial charge in [-0.15, -0.1) is 0 Å². The fourth-order valence-corrected chi connectivity index (χ4v) is 1.97. The molecule has 0 aliphatic heterocycles. The molecule has 0 aromatic heterocycles. The molecule has 0 spiro atoms. The fraction of sp³-hybridized carbons (Fsp3) is 0.300. The molecular formula is C10H11N2S. The molecule has 1 aromatic carbocycles. The Bertz CT molecular complexity index is 347. The second-order valence-electron chi connectivity index (χ2n) is 3.25. The Morgan fingerprint density at radius 2 is 2.23 bits per heavy atom. The third-order valence-corrected chi connectivity index (χ3v) is 2.50. The molecule has 3 heteroatoms. The van der Waals surface area contributed by atoms with Crippen molar-refractivity contribution in [1.29, 1.82) is 0 Å². The normalized spacial score (nSPS) is 13.8.